The summed E-state index contributed by atoms with van der Waals surface area (Å²) in [5, 5.41) is 2.13. The summed E-state index contributed by atoms with van der Waals surface area (Å²) in [5.74, 6) is -0.767. The van der Waals surface area contributed by atoms with E-state index in [9.17, 15) is 18.0 Å². The molecule has 19 heavy (non-hydrogen) atoms. The minimum atomic E-state index is -4.41. The van der Waals surface area contributed by atoms with Crippen LogP contribution in [-0.2, 0) is 9.53 Å². The molecule has 9 heteroatoms. The number of ether oxygens (including phenoxy) is 1. The van der Waals surface area contributed by atoms with E-state index in [1.807, 2.05) is 0 Å². The van der Waals surface area contributed by atoms with Crippen LogP contribution in [0.15, 0.2) is 10.5 Å². The summed E-state index contributed by atoms with van der Waals surface area (Å²) in [7, 11) is 0. The monoisotopic (exact) mass is 379 g/mol. The van der Waals surface area contributed by atoms with E-state index >= 15 is 0 Å². The van der Waals surface area contributed by atoms with Gasteiger partial charge in [0.05, 0.1) is 13.2 Å². The van der Waals surface area contributed by atoms with Crippen LogP contribution in [0.5, 0.6) is 0 Å². The van der Waals surface area contributed by atoms with Crippen molar-refractivity contribution < 1.29 is 22.7 Å². The largest absolute Gasteiger partial charge is 0.465 e. The summed E-state index contributed by atoms with van der Waals surface area (Å²) < 4.78 is 42.3. The molecular weight excluding hydrogens is 371 g/mol. The summed E-state index contributed by atoms with van der Waals surface area (Å²) in [5.41, 5.74) is 0. The number of carbonyl (C=O) groups is 1. The van der Waals surface area contributed by atoms with Crippen LogP contribution in [-0.4, -0.2) is 25.3 Å². The summed E-state index contributed by atoms with van der Waals surface area (Å²) in [6, 6.07) is 0.313. The number of nitrogens with one attached hydrogen (secondary N) is 1. The smallest absolute Gasteiger partial charge is 0.401 e. The Balaban J connectivity index is 2.89. The standard InChI is InChI=1S/C10H10BrClF3NO2S/c1-2-18-9(17)7(16-4-10(13,14)15)6-3-5(11)8(12)19-6/h3,7,16H,2,4H2,1H3. The van der Waals surface area contributed by atoms with E-state index < -0.39 is 24.7 Å². The second-order valence-electron chi connectivity index (χ2n) is 3.45. The third-order valence-electron chi connectivity index (χ3n) is 1.98. The molecule has 3 nitrogen and oxygen atoms in total. The topological polar surface area (TPSA) is 38.3 Å². The molecule has 1 atom stereocenters. The van der Waals surface area contributed by atoms with Crippen LogP contribution < -0.4 is 5.32 Å². The van der Waals surface area contributed by atoms with Crippen molar-refractivity contribution in [1.29, 1.82) is 0 Å². The van der Waals surface area contributed by atoms with Crippen LogP contribution in [0.4, 0.5) is 13.2 Å². The van der Waals surface area contributed by atoms with Gasteiger partial charge in [-0.05, 0) is 28.9 Å². The molecule has 1 aromatic heterocycles. The molecule has 0 fully saturated rings. The zero-order valence-corrected chi connectivity index (χ0v) is 12.8. The molecule has 1 aromatic rings. The number of hydrogen-bond donors (Lipinski definition) is 1. The molecular formula is C10H10BrClF3NO2S. The van der Waals surface area contributed by atoms with Gasteiger partial charge in [-0.25, -0.2) is 4.79 Å². The Morgan fingerprint density at radius 3 is 2.68 bits per heavy atom. The van der Waals surface area contributed by atoms with Crippen LogP contribution in [0.3, 0.4) is 0 Å². The van der Waals surface area contributed by atoms with Crippen LogP contribution in [0.25, 0.3) is 0 Å². The van der Waals surface area contributed by atoms with Gasteiger partial charge in [0.1, 0.15) is 10.4 Å². The van der Waals surface area contributed by atoms with E-state index in [-0.39, 0.29) is 6.61 Å². The van der Waals surface area contributed by atoms with Crippen LogP contribution in [0.2, 0.25) is 4.34 Å². The fourth-order valence-corrected chi connectivity index (χ4v) is 3.05. The fraction of sp³-hybridized carbons (Fsp3) is 0.500. The van der Waals surface area contributed by atoms with Crippen molar-refractivity contribution in [3.05, 3.63) is 19.8 Å². The van der Waals surface area contributed by atoms with E-state index in [2.05, 4.69) is 21.2 Å². The highest BCUT2D eigenvalue weighted by molar-refractivity contribution is 9.10. The lowest BCUT2D eigenvalue weighted by molar-refractivity contribution is -0.148. The second-order valence-corrected chi connectivity index (χ2v) is 5.99. The number of carbonyl (C=O) groups excluding carboxylic acids is 1. The number of halogens is 5. The molecule has 0 saturated heterocycles. The SMILES string of the molecule is CCOC(=O)C(NCC(F)(F)F)c1cc(Br)c(Cl)s1. The van der Waals surface area contributed by atoms with E-state index in [1.165, 1.54) is 6.07 Å². The van der Waals surface area contributed by atoms with Crippen LogP contribution >= 0.6 is 38.9 Å². The normalized spacial score (nSPS) is 13.4. The maximum absolute atomic E-state index is 12.2. The van der Waals surface area contributed by atoms with Gasteiger partial charge in [0.15, 0.2) is 0 Å². The number of alkyl halides is 3. The first kappa shape index (κ1) is 16.7. The predicted molar refractivity (Wildman–Crippen MR) is 70.5 cm³/mol. The number of esters is 1. The Labute approximate surface area is 125 Å². The molecule has 0 radical (unpaired) electrons. The summed E-state index contributed by atoms with van der Waals surface area (Å²) in [6.07, 6.45) is -4.41. The maximum atomic E-state index is 12.2. The molecule has 0 aliphatic rings. The van der Waals surface area contributed by atoms with Gasteiger partial charge in [-0.15, -0.1) is 11.3 Å². The lowest BCUT2D eigenvalue weighted by Crippen LogP contribution is -2.36. The van der Waals surface area contributed by atoms with Gasteiger partial charge < -0.3 is 4.74 Å². The van der Waals surface area contributed by atoms with Gasteiger partial charge in [-0.1, -0.05) is 11.6 Å². The van der Waals surface area contributed by atoms with E-state index in [4.69, 9.17) is 16.3 Å². The van der Waals surface area contributed by atoms with Gasteiger partial charge in [-0.2, -0.15) is 13.2 Å². The van der Waals surface area contributed by atoms with Crippen molar-refractivity contribution in [2.75, 3.05) is 13.2 Å². The maximum Gasteiger partial charge on any atom is 0.401 e. The zero-order valence-electron chi connectivity index (χ0n) is 9.68. The number of thiophene rings is 1. The highest BCUT2D eigenvalue weighted by Crippen LogP contribution is 2.35. The van der Waals surface area contributed by atoms with E-state index in [0.717, 1.165) is 11.3 Å². The molecule has 0 bridgehead atoms. The van der Waals surface area contributed by atoms with E-state index in [1.54, 1.807) is 6.92 Å². The molecule has 108 valence electrons. The first-order chi connectivity index (χ1) is 8.74. The first-order valence-electron chi connectivity index (χ1n) is 5.16. The van der Waals surface area contributed by atoms with Gasteiger partial charge in [-0.3, -0.25) is 5.32 Å². The highest BCUT2D eigenvalue weighted by Gasteiger charge is 2.32. The minimum absolute atomic E-state index is 0.0866. The van der Waals surface area contributed by atoms with Crippen molar-refractivity contribution >= 4 is 44.8 Å². The summed E-state index contributed by atoms with van der Waals surface area (Å²) in [6.45, 7) is 0.378. The highest BCUT2D eigenvalue weighted by atomic mass is 79.9. The lowest BCUT2D eigenvalue weighted by Gasteiger charge is -2.17. The Morgan fingerprint density at radius 1 is 1.63 bits per heavy atom. The second kappa shape index (κ2) is 6.92. The first-order valence-corrected chi connectivity index (χ1v) is 7.15. The van der Waals surface area contributed by atoms with Gasteiger partial charge in [0.25, 0.3) is 0 Å². The molecule has 0 aromatic carbocycles. The van der Waals surface area contributed by atoms with Crippen molar-refractivity contribution in [3.63, 3.8) is 0 Å². The number of hydrogen-bond acceptors (Lipinski definition) is 4. The molecule has 0 spiro atoms. The number of rotatable bonds is 5. The van der Waals surface area contributed by atoms with Crippen molar-refractivity contribution in [2.45, 2.75) is 19.1 Å². The molecule has 0 amide bonds. The molecule has 1 rings (SSSR count). The predicted octanol–water partition coefficient (Wildman–Crippen LogP) is 3.92. The van der Waals surface area contributed by atoms with E-state index in [0.29, 0.717) is 13.7 Å². The van der Waals surface area contributed by atoms with Crippen LogP contribution in [0, 0.1) is 0 Å². The summed E-state index contributed by atoms with van der Waals surface area (Å²) in [4.78, 5) is 12.0. The third kappa shape index (κ3) is 5.29. The fourth-order valence-electron chi connectivity index (χ4n) is 1.25. The Morgan fingerprint density at radius 2 is 2.26 bits per heavy atom. The molecule has 0 aliphatic heterocycles. The van der Waals surface area contributed by atoms with Crippen LogP contribution in [0.1, 0.15) is 17.8 Å². The average molecular weight is 381 g/mol. The van der Waals surface area contributed by atoms with Gasteiger partial charge >= 0.3 is 12.1 Å². The molecule has 0 aliphatic carbocycles. The zero-order chi connectivity index (χ0) is 14.6. The molecule has 0 saturated carbocycles. The average Bonchev–Trinajstić information content (AvgIpc) is 2.58. The quantitative estimate of drug-likeness (QED) is 0.787. The molecule has 1 N–H and O–H groups in total. The Bertz CT molecular complexity index is 433. The van der Waals surface area contributed by atoms with Crippen molar-refractivity contribution in [1.82, 2.24) is 5.32 Å². The molecule has 1 unspecified atom stereocenters. The lowest BCUT2D eigenvalue weighted by atomic mass is 10.2. The molecule has 1 heterocycles. The van der Waals surface area contributed by atoms with Crippen molar-refractivity contribution in [3.8, 4) is 0 Å². The van der Waals surface area contributed by atoms with Gasteiger partial charge in [0.2, 0.25) is 0 Å². The minimum Gasteiger partial charge on any atom is -0.465 e. The Kier molecular flexibility index (Phi) is 6.10. The third-order valence-corrected chi connectivity index (χ3v) is 4.52. The van der Waals surface area contributed by atoms with Crippen molar-refractivity contribution in [2.24, 2.45) is 0 Å². The van der Waals surface area contributed by atoms with Gasteiger partial charge in [0, 0.05) is 9.35 Å². The summed E-state index contributed by atoms with van der Waals surface area (Å²) >= 11 is 9.97. The Hall–Kier alpha value is -0.310.